The number of ether oxygens (including phenoxy) is 1. The lowest BCUT2D eigenvalue weighted by Gasteiger charge is -2.33. The molecule has 0 aliphatic carbocycles. The molecule has 5 nitrogen and oxygen atoms in total. The number of likely N-dealkylation sites (tertiary alicyclic amines) is 1. The minimum Gasteiger partial charge on any atom is -0.444 e. The Morgan fingerprint density at radius 2 is 2.10 bits per heavy atom. The molecule has 1 aromatic rings. The van der Waals surface area contributed by atoms with Crippen LogP contribution in [0.15, 0.2) is 16.9 Å². The maximum Gasteiger partial charge on any atom is 0.410 e. The zero-order valence-electron chi connectivity index (χ0n) is 12.3. The van der Waals surface area contributed by atoms with E-state index >= 15 is 0 Å². The van der Waals surface area contributed by atoms with Crippen LogP contribution in [0.5, 0.6) is 0 Å². The van der Waals surface area contributed by atoms with Crippen molar-refractivity contribution in [1.29, 1.82) is 0 Å². The Kier molecular flexibility index (Phi) is 4.73. The van der Waals surface area contributed by atoms with Crippen LogP contribution in [0.25, 0.3) is 0 Å². The predicted molar refractivity (Wildman–Crippen MR) is 80.5 cm³/mol. The monoisotopic (exact) mass is 343 g/mol. The van der Waals surface area contributed by atoms with Crippen LogP contribution < -0.4 is 0 Å². The van der Waals surface area contributed by atoms with Crippen molar-refractivity contribution in [2.75, 3.05) is 13.1 Å². The van der Waals surface area contributed by atoms with Crippen molar-refractivity contribution in [3.05, 3.63) is 16.9 Å². The van der Waals surface area contributed by atoms with E-state index in [4.69, 9.17) is 4.74 Å². The van der Waals surface area contributed by atoms with Gasteiger partial charge in [0.15, 0.2) is 0 Å². The van der Waals surface area contributed by atoms with Crippen LogP contribution in [-0.2, 0) is 11.3 Å². The third-order valence-corrected chi connectivity index (χ3v) is 3.74. The summed E-state index contributed by atoms with van der Waals surface area (Å²) in [5, 5.41) is 4.34. The van der Waals surface area contributed by atoms with Crippen LogP contribution in [-0.4, -0.2) is 39.5 Å². The van der Waals surface area contributed by atoms with Crippen LogP contribution >= 0.6 is 15.9 Å². The number of amides is 1. The van der Waals surface area contributed by atoms with Crippen molar-refractivity contribution in [2.45, 2.75) is 45.8 Å². The van der Waals surface area contributed by atoms with Crippen molar-refractivity contribution >= 4 is 22.0 Å². The molecule has 20 heavy (non-hydrogen) atoms. The van der Waals surface area contributed by atoms with Crippen molar-refractivity contribution in [1.82, 2.24) is 14.7 Å². The number of halogens is 1. The Morgan fingerprint density at radius 3 is 2.60 bits per heavy atom. The standard InChI is InChI=1S/C14H22BrN3O2/c1-14(2,3)20-13(19)17-7-4-11(5-8-17)10-18-9-6-12(15)16-18/h6,9,11H,4-5,7-8,10H2,1-3H3. The van der Waals surface area contributed by atoms with Crippen molar-refractivity contribution in [2.24, 2.45) is 5.92 Å². The number of piperidine rings is 1. The van der Waals surface area contributed by atoms with Gasteiger partial charge >= 0.3 is 6.09 Å². The zero-order valence-corrected chi connectivity index (χ0v) is 13.9. The van der Waals surface area contributed by atoms with E-state index < -0.39 is 5.60 Å². The van der Waals surface area contributed by atoms with Crippen LogP contribution in [0.3, 0.4) is 0 Å². The van der Waals surface area contributed by atoms with Crippen LogP contribution in [0.4, 0.5) is 4.79 Å². The molecular weight excluding hydrogens is 322 g/mol. The maximum absolute atomic E-state index is 12.0. The summed E-state index contributed by atoms with van der Waals surface area (Å²) in [7, 11) is 0. The first-order valence-electron chi connectivity index (χ1n) is 7.00. The van der Waals surface area contributed by atoms with E-state index in [9.17, 15) is 4.79 Å². The van der Waals surface area contributed by atoms with E-state index in [0.717, 1.165) is 37.1 Å². The Hall–Kier alpha value is -1.04. The fraction of sp³-hybridized carbons (Fsp3) is 0.714. The highest BCUT2D eigenvalue weighted by Crippen LogP contribution is 2.21. The van der Waals surface area contributed by atoms with Gasteiger partial charge in [-0.2, -0.15) is 5.10 Å². The highest BCUT2D eigenvalue weighted by atomic mass is 79.9. The van der Waals surface area contributed by atoms with Gasteiger partial charge in [0.1, 0.15) is 10.2 Å². The van der Waals surface area contributed by atoms with Gasteiger partial charge in [-0.25, -0.2) is 4.79 Å². The molecule has 0 spiro atoms. The molecule has 1 aromatic heterocycles. The molecule has 0 bridgehead atoms. The molecule has 2 heterocycles. The van der Waals surface area contributed by atoms with Crippen molar-refractivity contribution in [3.8, 4) is 0 Å². The molecule has 0 aromatic carbocycles. The summed E-state index contributed by atoms with van der Waals surface area (Å²) in [4.78, 5) is 13.8. The Balaban J connectivity index is 1.79. The molecule has 1 amide bonds. The first-order chi connectivity index (χ1) is 9.33. The first kappa shape index (κ1) is 15.4. The van der Waals surface area contributed by atoms with E-state index in [1.54, 1.807) is 4.90 Å². The predicted octanol–water partition coefficient (Wildman–Crippen LogP) is 3.29. The van der Waals surface area contributed by atoms with Gasteiger partial charge in [0, 0.05) is 25.8 Å². The average molecular weight is 344 g/mol. The summed E-state index contributed by atoms with van der Waals surface area (Å²) < 4.78 is 8.22. The van der Waals surface area contributed by atoms with E-state index in [1.807, 2.05) is 37.7 Å². The van der Waals surface area contributed by atoms with Gasteiger partial charge in [-0.15, -0.1) is 0 Å². The number of aromatic nitrogens is 2. The van der Waals surface area contributed by atoms with Crippen molar-refractivity contribution < 1.29 is 9.53 Å². The number of carbonyl (C=O) groups excluding carboxylic acids is 1. The summed E-state index contributed by atoms with van der Waals surface area (Å²) in [6.07, 6.45) is 3.77. The van der Waals surface area contributed by atoms with Gasteiger partial charge < -0.3 is 9.64 Å². The SMILES string of the molecule is CC(C)(C)OC(=O)N1CCC(Cn2ccc(Br)n2)CC1. The molecule has 0 radical (unpaired) electrons. The zero-order chi connectivity index (χ0) is 14.8. The first-order valence-corrected chi connectivity index (χ1v) is 7.80. The summed E-state index contributed by atoms with van der Waals surface area (Å²) in [5.74, 6) is 0.570. The van der Waals surface area contributed by atoms with E-state index in [2.05, 4.69) is 21.0 Å². The second-order valence-corrected chi connectivity index (χ2v) is 7.08. The van der Waals surface area contributed by atoms with Crippen molar-refractivity contribution in [3.63, 3.8) is 0 Å². The van der Waals surface area contributed by atoms with E-state index in [0.29, 0.717) is 5.92 Å². The fourth-order valence-electron chi connectivity index (χ4n) is 2.33. The van der Waals surface area contributed by atoms with Gasteiger partial charge in [0.25, 0.3) is 0 Å². The molecule has 1 aliphatic heterocycles. The summed E-state index contributed by atoms with van der Waals surface area (Å²) >= 11 is 3.35. The van der Waals surface area contributed by atoms with Gasteiger partial charge in [0.05, 0.1) is 0 Å². The van der Waals surface area contributed by atoms with Gasteiger partial charge in [-0.1, -0.05) is 0 Å². The normalized spacial score (nSPS) is 17.3. The molecule has 0 N–H and O–H groups in total. The lowest BCUT2D eigenvalue weighted by atomic mass is 9.97. The van der Waals surface area contributed by atoms with Crippen LogP contribution in [0.1, 0.15) is 33.6 Å². The molecule has 112 valence electrons. The number of hydrogen-bond donors (Lipinski definition) is 0. The van der Waals surface area contributed by atoms with Gasteiger partial charge in [-0.05, 0) is 61.5 Å². The minimum atomic E-state index is -0.421. The molecule has 0 saturated carbocycles. The average Bonchev–Trinajstić information content (AvgIpc) is 2.73. The molecule has 0 atom stereocenters. The Labute approximate surface area is 128 Å². The number of hydrogen-bond acceptors (Lipinski definition) is 3. The molecule has 1 aliphatic rings. The highest BCUT2D eigenvalue weighted by molar-refractivity contribution is 9.10. The maximum atomic E-state index is 12.0. The second kappa shape index (κ2) is 6.16. The Bertz CT molecular complexity index is 459. The fourth-order valence-corrected chi connectivity index (χ4v) is 2.65. The highest BCUT2D eigenvalue weighted by Gasteiger charge is 2.26. The molecule has 6 heteroatoms. The smallest absolute Gasteiger partial charge is 0.410 e. The molecule has 2 rings (SSSR count). The van der Waals surface area contributed by atoms with Gasteiger partial charge in [-0.3, -0.25) is 4.68 Å². The summed E-state index contributed by atoms with van der Waals surface area (Å²) in [5.41, 5.74) is -0.421. The lowest BCUT2D eigenvalue weighted by molar-refractivity contribution is 0.0177. The Morgan fingerprint density at radius 1 is 1.45 bits per heavy atom. The minimum absolute atomic E-state index is 0.196. The van der Waals surface area contributed by atoms with Crippen LogP contribution in [0, 0.1) is 5.92 Å². The van der Waals surface area contributed by atoms with Gasteiger partial charge in [0.2, 0.25) is 0 Å². The van der Waals surface area contributed by atoms with E-state index in [-0.39, 0.29) is 6.09 Å². The lowest BCUT2D eigenvalue weighted by Crippen LogP contribution is -2.42. The second-order valence-electron chi connectivity index (χ2n) is 6.27. The summed E-state index contributed by atoms with van der Waals surface area (Å²) in [6, 6.07) is 1.94. The third-order valence-electron chi connectivity index (χ3n) is 3.32. The number of rotatable bonds is 2. The summed E-state index contributed by atoms with van der Waals surface area (Å²) in [6.45, 7) is 8.13. The quantitative estimate of drug-likeness (QED) is 0.827. The number of nitrogens with zero attached hydrogens (tertiary/aromatic N) is 3. The largest absolute Gasteiger partial charge is 0.444 e. The molecule has 1 fully saturated rings. The molecule has 1 saturated heterocycles. The van der Waals surface area contributed by atoms with Crippen LogP contribution in [0.2, 0.25) is 0 Å². The molecular formula is C14H22BrN3O2. The van der Waals surface area contributed by atoms with E-state index in [1.165, 1.54) is 0 Å². The third kappa shape index (κ3) is 4.51. The topological polar surface area (TPSA) is 47.4 Å². The number of carbonyl (C=O) groups is 1. The molecule has 0 unspecified atom stereocenters.